The predicted octanol–water partition coefficient (Wildman–Crippen LogP) is 1.87. The first-order valence-electron chi connectivity index (χ1n) is 11.6. The fraction of sp³-hybridized carbons (Fsp3) is 0.526. The lowest BCUT2D eigenvalue weighted by atomic mass is 10.2. The molecule has 42 heavy (non-hydrogen) atoms. The van der Waals surface area contributed by atoms with Gasteiger partial charge in [-0.05, 0) is 13.2 Å². The lowest BCUT2D eigenvalue weighted by Gasteiger charge is -2.23. The van der Waals surface area contributed by atoms with Crippen LogP contribution in [0, 0.1) is 11.8 Å². The second-order valence-corrected chi connectivity index (χ2v) is 15.6. The summed E-state index contributed by atoms with van der Waals surface area (Å²) in [4.78, 5) is 56.2. The highest BCUT2D eigenvalue weighted by molar-refractivity contribution is 8.76. The maximum atomic E-state index is 12.3. The first-order chi connectivity index (χ1) is 19.5. The third kappa shape index (κ3) is 10.3. The largest absolute Gasteiger partial charge is 0.490 e. The highest BCUT2D eigenvalue weighted by Gasteiger charge is 2.44. The Kier molecular flexibility index (Phi) is 12.1. The topological polar surface area (TPSA) is 264 Å². The molecule has 0 spiro atoms. The first kappa shape index (κ1) is 35.0. The molecular weight excluding hydrogens is 663 g/mol. The van der Waals surface area contributed by atoms with Crippen molar-refractivity contribution >= 4 is 67.8 Å². The highest BCUT2D eigenvalue weighted by atomic mass is 33.1. The Bertz CT molecular complexity index is 1490. The summed E-state index contributed by atoms with van der Waals surface area (Å²) in [5.41, 5.74) is 6.53. The van der Waals surface area contributed by atoms with Crippen molar-refractivity contribution in [1.82, 2.24) is 19.9 Å². The lowest BCUT2D eigenvalue weighted by Crippen LogP contribution is -2.30. The molecule has 1 fully saturated rings. The summed E-state index contributed by atoms with van der Waals surface area (Å²) in [6.07, 6.45) is 2.29. The monoisotopic (exact) mass is 691 g/mol. The molecule has 1 aliphatic rings. The van der Waals surface area contributed by atoms with Crippen LogP contribution in [0.5, 0.6) is 0 Å². The summed E-state index contributed by atoms with van der Waals surface area (Å²) < 4.78 is 60.9. The van der Waals surface area contributed by atoms with Crippen molar-refractivity contribution in [1.29, 1.82) is 0 Å². The van der Waals surface area contributed by atoms with Crippen LogP contribution in [0.25, 0.3) is 11.0 Å². The molecule has 18 nitrogen and oxygen atoms in total. The summed E-state index contributed by atoms with van der Waals surface area (Å²) in [6.45, 7) is 2.50. The molecule has 0 bridgehead atoms. The number of aromatic nitrogens is 3. The van der Waals surface area contributed by atoms with Crippen LogP contribution in [0.1, 0.15) is 32.1 Å². The van der Waals surface area contributed by atoms with Gasteiger partial charge in [-0.3, -0.25) is 9.32 Å². The average molecular weight is 692 g/mol. The Hall–Kier alpha value is -1.52. The van der Waals surface area contributed by atoms with Gasteiger partial charge in [0.15, 0.2) is 0 Å². The van der Waals surface area contributed by atoms with E-state index in [0.29, 0.717) is 16.6 Å². The van der Waals surface area contributed by atoms with Gasteiger partial charge in [-0.2, -0.15) is 8.62 Å². The number of nitrogens with zero attached hydrogens (tertiary/aromatic N) is 3. The van der Waals surface area contributed by atoms with Crippen molar-refractivity contribution in [2.75, 3.05) is 25.1 Å². The SMILES string of the molecule is CSSC(C)OC1CC(n2cc(C#CCNC(C)=O)c3c(N)ncnc32)OC1COP(=O)(O)OP(=O)(O)OP(=O)(O)O. The molecule has 1 saturated heterocycles. The molecule has 3 heterocycles. The van der Waals surface area contributed by atoms with Gasteiger partial charge in [0.1, 0.15) is 35.6 Å². The minimum atomic E-state index is -5.70. The molecule has 1 aliphatic heterocycles. The maximum Gasteiger partial charge on any atom is 0.490 e. The number of phosphoric acid groups is 3. The number of hydrogen-bond donors (Lipinski definition) is 6. The van der Waals surface area contributed by atoms with E-state index in [2.05, 4.69) is 35.7 Å². The molecular formula is C19H28N5O13P3S2. The number of amides is 1. The first-order valence-corrected chi connectivity index (χ1v) is 18.8. The highest BCUT2D eigenvalue weighted by Crippen LogP contribution is 2.66. The van der Waals surface area contributed by atoms with E-state index in [9.17, 15) is 28.3 Å². The van der Waals surface area contributed by atoms with Gasteiger partial charge >= 0.3 is 23.5 Å². The molecule has 0 aromatic carbocycles. The third-order valence-corrected chi connectivity index (χ3v) is 11.0. The molecule has 6 atom stereocenters. The minimum absolute atomic E-state index is 0.0825. The molecule has 0 radical (unpaired) electrons. The number of fused-ring (bicyclic) bond motifs is 1. The number of ether oxygens (including phenoxy) is 2. The number of nitrogens with one attached hydrogen (secondary N) is 1. The summed E-state index contributed by atoms with van der Waals surface area (Å²) in [5.74, 6) is 5.61. The number of phosphoric ester groups is 1. The predicted molar refractivity (Wildman–Crippen MR) is 151 cm³/mol. The Labute approximate surface area is 247 Å². The lowest BCUT2D eigenvalue weighted by molar-refractivity contribution is -0.118. The summed E-state index contributed by atoms with van der Waals surface area (Å²) >= 11 is 0. The number of nitrogens with two attached hydrogens (primary N) is 1. The van der Waals surface area contributed by atoms with Crippen molar-refractivity contribution in [3.8, 4) is 11.8 Å². The number of anilines is 1. The second-order valence-electron chi connectivity index (χ2n) is 8.38. The molecule has 2 aromatic heterocycles. The molecule has 1 amide bonds. The molecule has 6 unspecified atom stereocenters. The van der Waals surface area contributed by atoms with E-state index in [1.54, 1.807) is 17.7 Å². The quantitative estimate of drug-likeness (QED) is 0.0757. The second kappa shape index (κ2) is 14.5. The van der Waals surface area contributed by atoms with Crippen LogP contribution < -0.4 is 11.1 Å². The van der Waals surface area contributed by atoms with Crippen LogP contribution in [0.2, 0.25) is 0 Å². The van der Waals surface area contributed by atoms with E-state index < -0.39 is 48.5 Å². The van der Waals surface area contributed by atoms with Crippen molar-refractivity contribution in [2.45, 2.75) is 44.1 Å². The van der Waals surface area contributed by atoms with Crippen molar-refractivity contribution < 1.29 is 60.7 Å². The van der Waals surface area contributed by atoms with Crippen LogP contribution in [0.3, 0.4) is 0 Å². The van der Waals surface area contributed by atoms with Gasteiger partial charge in [0, 0.05) is 19.5 Å². The number of carbonyl (C=O) groups is 1. The van der Waals surface area contributed by atoms with Gasteiger partial charge in [-0.25, -0.2) is 23.7 Å². The van der Waals surface area contributed by atoms with E-state index in [-0.39, 0.29) is 30.1 Å². The van der Waals surface area contributed by atoms with Crippen LogP contribution >= 0.6 is 45.1 Å². The molecule has 0 saturated carbocycles. The van der Waals surface area contributed by atoms with Gasteiger partial charge in [-0.1, -0.05) is 33.4 Å². The van der Waals surface area contributed by atoms with E-state index in [1.807, 2.05) is 6.26 Å². The molecule has 2 aromatic rings. The number of carbonyl (C=O) groups excluding carboxylic acids is 1. The van der Waals surface area contributed by atoms with Crippen LogP contribution in [-0.4, -0.2) is 77.1 Å². The van der Waals surface area contributed by atoms with E-state index in [4.69, 9.17) is 29.5 Å². The minimum Gasteiger partial charge on any atom is -0.383 e. The maximum absolute atomic E-state index is 12.3. The van der Waals surface area contributed by atoms with E-state index in [1.165, 1.54) is 34.8 Å². The fourth-order valence-corrected chi connectivity index (χ4v) is 8.21. The zero-order chi connectivity index (χ0) is 31.3. The Balaban J connectivity index is 1.86. The van der Waals surface area contributed by atoms with Gasteiger partial charge in [0.25, 0.3) is 0 Å². The smallest absolute Gasteiger partial charge is 0.383 e. The molecule has 0 aliphatic carbocycles. The van der Waals surface area contributed by atoms with Crippen LogP contribution in [-0.2, 0) is 41.1 Å². The van der Waals surface area contributed by atoms with Crippen LogP contribution in [0.4, 0.5) is 5.82 Å². The zero-order valence-electron chi connectivity index (χ0n) is 22.1. The number of nitrogen functional groups attached to an aromatic ring is 1. The van der Waals surface area contributed by atoms with E-state index >= 15 is 0 Å². The molecule has 7 N–H and O–H groups in total. The van der Waals surface area contributed by atoms with Crippen molar-refractivity contribution in [3.63, 3.8) is 0 Å². The molecule has 23 heteroatoms. The summed E-state index contributed by atoms with van der Waals surface area (Å²) in [5, 5.41) is 2.99. The Morgan fingerprint density at radius 1 is 1.26 bits per heavy atom. The van der Waals surface area contributed by atoms with E-state index in [0.717, 1.165) is 0 Å². The third-order valence-electron chi connectivity index (χ3n) is 5.19. The summed E-state index contributed by atoms with van der Waals surface area (Å²) in [7, 11) is -13.8. The number of hydrogen-bond acceptors (Lipinski definition) is 14. The molecule has 234 valence electrons. The average Bonchev–Trinajstić information content (AvgIpc) is 3.40. The standard InChI is InChI=1S/C19H28N5O13P3S2/c1-11(25)21-6-4-5-13-8-24(19-17(13)18(20)22-10-23-19)16-7-14(34-12(2)42-41-3)15(35-16)9-33-39(29,30)37-40(31,32)36-38(26,27)28/h8,10,12,14-16H,6-7,9H2,1-3H3,(H,21,25)(H,29,30)(H,31,32)(H2,20,22,23)(H2,26,27,28). The van der Waals surface area contributed by atoms with Gasteiger partial charge in [0.05, 0.1) is 30.2 Å². The van der Waals surface area contributed by atoms with Gasteiger partial charge in [0.2, 0.25) is 5.91 Å². The number of rotatable bonds is 13. The van der Waals surface area contributed by atoms with Crippen LogP contribution in [0.15, 0.2) is 12.5 Å². The van der Waals surface area contributed by atoms with Gasteiger partial charge in [-0.15, -0.1) is 0 Å². The zero-order valence-corrected chi connectivity index (χ0v) is 26.4. The fourth-order valence-electron chi connectivity index (χ4n) is 3.77. The summed E-state index contributed by atoms with van der Waals surface area (Å²) in [6, 6.07) is 0. The van der Waals surface area contributed by atoms with Gasteiger partial charge < -0.3 is 44.7 Å². The Morgan fingerprint density at radius 3 is 2.62 bits per heavy atom. The van der Waals surface area contributed by atoms with Crippen molar-refractivity contribution in [2.24, 2.45) is 0 Å². The normalized spacial score (nSPS) is 22.6. The molecule has 3 rings (SSSR count). The Morgan fingerprint density at radius 2 is 1.98 bits per heavy atom. The van der Waals surface area contributed by atoms with Crippen molar-refractivity contribution in [3.05, 3.63) is 18.1 Å².